The predicted molar refractivity (Wildman–Crippen MR) is 430 cm³/mol. The van der Waals surface area contributed by atoms with Gasteiger partial charge in [-0.15, -0.1) is 0 Å². The number of aromatic hydroxyl groups is 3. The van der Waals surface area contributed by atoms with Gasteiger partial charge in [0.15, 0.2) is 23.9 Å². The van der Waals surface area contributed by atoms with E-state index in [2.05, 4.69) is 47.9 Å². The number of primary amides is 1. The van der Waals surface area contributed by atoms with Crippen molar-refractivity contribution in [3.05, 3.63) is 176 Å². The van der Waals surface area contributed by atoms with Gasteiger partial charge in [-0.3, -0.25) is 38.4 Å². The molecular weight excluding hydrogens is 1610 g/mol. The van der Waals surface area contributed by atoms with E-state index in [1.807, 2.05) is 50.2 Å². The molecule has 0 spiro atoms. The van der Waals surface area contributed by atoms with Crippen molar-refractivity contribution >= 4 is 82.1 Å². The molecule has 7 aliphatic heterocycles. The highest BCUT2D eigenvalue weighted by molar-refractivity contribution is 6.32. The van der Waals surface area contributed by atoms with Crippen molar-refractivity contribution in [2.45, 2.75) is 169 Å². The normalized spacial score (nSPS) is 26.1. The minimum Gasteiger partial charge on any atom is -0.508 e. The van der Waals surface area contributed by atoms with E-state index in [9.17, 15) is 55.2 Å². The first-order chi connectivity index (χ1) is 56.8. The zero-order chi connectivity index (χ0) is 85.5. The van der Waals surface area contributed by atoms with Gasteiger partial charge in [-0.05, 0) is 157 Å². The summed E-state index contributed by atoms with van der Waals surface area (Å²) in [5.41, 5.74) is 18.3. The molecule has 0 aliphatic carbocycles. The lowest BCUT2D eigenvalue weighted by molar-refractivity contribution is -0.327. The largest absolute Gasteiger partial charge is 0.508 e. The Kier molecular flexibility index (Phi) is 28.2. The van der Waals surface area contributed by atoms with Crippen LogP contribution in [-0.2, 0) is 59.1 Å². The monoisotopic (exact) mass is 1700 g/mol. The van der Waals surface area contributed by atoms with E-state index in [0.29, 0.717) is 17.9 Å². The number of fused-ring (bicyclic) bond motifs is 15. The molecule has 11 bridgehead atoms. The Morgan fingerprint density at radius 2 is 1.26 bits per heavy atom. The Morgan fingerprint density at radius 3 is 1.88 bits per heavy atom. The molecule has 7 aromatic carbocycles. The predicted octanol–water partition coefficient (Wildman–Crippen LogP) is 3.60. The molecule has 7 heterocycles. The number of benzene rings is 7. The van der Waals surface area contributed by atoms with E-state index in [-0.39, 0.29) is 82.7 Å². The number of nitrogens with one attached hydrogen (secondary N) is 9. The summed E-state index contributed by atoms with van der Waals surface area (Å²) in [6.07, 6.45) is -16.9. The van der Waals surface area contributed by atoms with Gasteiger partial charge in [0.2, 0.25) is 59.3 Å². The molecule has 34 nitrogen and oxygen atoms in total. The molecule has 23 N–H and O–H groups in total. The Morgan fingerprint density at radius 1 is 0.639 bits per heavy atom. The van der Waals surface area contributed by atoms with E-state index in [4.69, 9.17) is 80.4 Å². The maximum atomic E-state index is 16.3. The zero-order valence-electron chi connectivity index (χ0n) is 64.6. The van der Waals surface area contributed by atoms with Crippen LogP contribution in [0.4, 0.5) is 0 Å². The van der Waals surface area contributed by atoms with Gasteiger partial charge in [-0.1, -0.05) is 103 Å². The zero-order valence-corrected chi connectivity index (χ0v) is 66.9. The van der Waals surface area contributed by atoms with E-state index >= 15 is 24.0 Å². The molecule has 10 unspecified atom stereocenters. The third-order valence-corrected chi connectivity index (χ3v) is 21.9. The van der Waals surface area contributed by atoms with Gasteiger partial charge in [0.1, 0.15) is 95.5 Å². The number of carbonyl (C=O) groups excluding carboxylic acids is 8. The number of nitrogens with two attached hydrogens (primary N) is 3. The Labute approximate surface area is 697 Å². The summed E-state index contributed by atoms with van der Waals surface area (Å²) in [5, 5.41) is 120. The van der Waals surface area contributed by atoms with Crippen LogP contribution in [-0.4, -0.2) is 194 Å². The lowest BCUT2D eigenvalue weighted by Crippen LogP contribution is -2.63. The number of ether oxygens (including phenoxy) is 6. The average Bonchev–Trinajstić information content (AvgIpc) is 0.765. The van der Waals surface area contributed by atoms with Crippen molar-refractivity contribution in [2.24, 2.45) is 23.1 Å². The molecule has 119 heavy (non-hydrogen) atoms. The number of likely N-dealkylation sites (N-methyl/N-ethyl adjacent to an activating group) is 1. The third kappa shape index (κ3) is 20.2. The number of aliphatic hydroxyl groups is 5. The van der Waals surface area contributed by atoms with E-state index in [0.717, 1.165) is 71.3 Å². The maximum absolute atomic E-state index is 16.3. The average molecular weight is 1710 g/mol. The highest BCUT2D eigenvalue weighted by atomic mass is 35.5. The van der Waals surface area contributed by atoms with Crippen LogP contribution in [0.15, 0.2) is 127 Å². The molecular formula is C82H93Cl3N12O22. The number of phenolic OH excluding ortho intramolecular Hbond substituents is 3. The quantitative estimate of drug-likeness (QED) is 0.0457. The van der Waals surface area contributed by atoms with Gasteiger partial charge in [0, 0.05) is 54.3 Å². The minimum absolute atomic E-state index is 0.0203. The Bertz CT molecular complexity index is 4940. The van der Waals surface area contributed by atoms with Crippen LogP contribution in [0.25, 0.3) is 22.3 Å². The van der Waals surface area contributed by atoms with Gasteiger partial charge in [0.25, 0.3) is 0 Å². The molecule has 0 saturated carbocycles. The molecule has 0 radical (unpaired) electrons. The molecule has 8 amide bonds. The topological polar surface area (TPSA) is 540 Å². The van der Waals surface area contributed by atoms with Gasteiger partial charge in [0.05, 0.1) is 34.7 Å². The van der Waals surface area contributed by atoms with Crippen LogP contribution in [0.5, 0.6) is 46.0 Å². The van der Waals surface area contributed by atoms with E-state index < -0.39 is 221 Å². The number of hydrogen-bond donors (Lipinski definition) is 20. The van der Waals surface area contributed by atoms with Crippen LogP contribution in [0.3, 0.4) is 0 Å². The number of unbranched alkanes of at least 4 members (excludes halogenated alkanes) is 1. The number of rotatable bonds is 21. The van der Waals surface area contributed by atoms with Gasteiger partial charge >= 0.3 is 0 Å². The number of hydrogen-bond acceptors (Lipinski definition) is 26. The smallest absolute Gasteiger partial charge is 0.248 e. The second kappa shape index (κ2) is 38.3. The molecule has 2 saturated heterocycles. The first kappa shape index (κ1) is 87.8. The third-order valence-electron chi connectivity index (χ3n) is 21.1. The first-order valence-electron chi connectivity index (χ1n) is 38.4. The second-order valence-corrected chi connectivity index (χ2v) is 31.2. The first-order valence-corrected chi connectivity index (χ1v) is 39.5. The number of carbonyl (C=O) groups is 8. The fourth-order valence-corrected chi connectivity index (χ4v) is 15.3. The van der Waals surface area contributed by atoms with Crippen LogP contribution < -0.4 is 79.3 Å². The summed E-state index contributed by atoms with van der Waals surface area (Å²) in [7, 11) is 1.49. The summed E-state index contributed by atoms with van der Waals surface area (Å²) in [4.78, 5) is 120. The van der Waals surface area contributed by atoms with Crippen LogP contribution in [0, 0.1) is 5.92 Å². The maximum Gasteiger partial charge on any atom is 0.248 e. The van der Waals surface area contributed by atoms with Crippen LogP contribution >= 0.6 is 34.8 Å². The van der Waals surface area contributed by atoms with E-state index in [1.54, 1.807) is 19.1 Å². The fraction of sp³-hybridized carbons (Fsp3) is 0.390. The lowest BCUT2D eigenvalue weighted by Gasteiger charge is -2.45. The molecule has 18 atom stereocenters. The summed E-state index contributed by atoms with van der Waals surface area (Å²) in [6.45, 7) is 5.24. The standard InChI is InChI=1S/C82H93Cl3N12O22/c1-35(2)23-51(89-4)75(107)96-66-69(103)41-14-19-55(48(84)25-41)115-57-27-43-28-58(73(57)119-82-74(72(106)71(105)59(33-87)117-82)118-61-32-50(68(102)36(3)114-61)91-34-37-7-9-38(10-8-37)39-11-16-44(83)17-12-39)116-56-20-15-42(26-49(56)85)70(104)67-81(113)95-65(77(109)90-22-6-5-21-86)47-29-45(98)30-54(100)62(47)46-24-40(13-18-53(46)99)63(78(110)97-67)94-79(111)64(43)93-76(108)52(31-60(88)101)92-80(66)112/h7-20,24-30,35-36,50-52,59,61,63-72,74,82,89,91,98-100,102-106H,5-6,21-23,31-34,86-87H2,1-4H3,(H2,88,101)(H,90,109)(H,92,112)(H,93,108)(H,94,111)(H,95,113)(H,96,107)(H,97,110)/t36?,50?,51-,52+,59?,61?,63?,64-,65-,66-,67+,68?,69-,70-,71?,72?,74?,82?/m1/s1. The van der Waals surface area contributed by atoms with Crippen LogP contribution in [0.2, 0.25) is 15.1 Å². The van der Waals surface area contributed by atoms with Gasteiger partial charge in [-0.2, -0.15) is 0 Å². The van der Waals surface area contributed by atoms with Crippen molar-refractivity contribution in [3.63, 3.8) is 0 Å². The number of halogens is 3. The highest BCUT2D eigenvalue weighted by Gasteiger charge is 2.50. The summed E-state index contributed by atoms with van der Waals surface area (Å²) in [6, 6.07) is 14.9. The van der Waals surface area contributed by atoms with E-state index in [1.165, 1.54) is 31.3 Å². The van der Waals surface area contributed by atoms with Crippen molar-refractivity contribution in [3.8, 4) is 68.2 Å². The minimum atomic E-state index is -2.33. The number of aliphatic hydroxyl groups excluding tert-OH is 5. The van der Waals surface area contributed by atoms with Gasteiger partial charge < -0.3 is 134 Å². The van der Waals surface area contributed by atoms with Crippen LogP contribution in [0.1, 0.15) is 117 Å². The SMILES string of the molecule is CN[C@H](CC(C)C)C(=O)N[C@H]1C(=O)N[C@@H](CC(N)=O)C(=O)N[C@H]2C(=O)NC3C(=O)N[C@H](C(=O)N[C@@H](C(=O)NCCCCN)c4cc(O)cc(O)c4-c4cc3ccc4O)[C@H](O)c3ccc(c(Cl)c3)Oc3cc2cc(c3OC2OC(CN)C(O)C(O)C2OC2CC(NCc3ccc(-c4ccc(Cl)cc4)cc3)C(O)C(C)O2)Oc2ccc(cc2Cl)[C@H]1O. The van der Waals surface area contributed by atoms with Gasteiger partial charge in [-0.25, -0.2) is 0 Å². The summed E-state index contributed by atoms with van der Waals surface area (Å²) < 4.78 is 39.8. The number of amides is 8. The summed E-state index contributed by atoms with van der Waals surface area (Å²) in [5.74, 6) is -14.4. The molecule has 14 rings (SSSR count). The molecule has 7 aliphatic rings. The Hall–Kier alpha value is -10.5. The lowest BCUT2D eigenvalue weighted by atomic mass is 9.89. The van der Waals surface area contributed by atoms with Crippen molar-refractivity contribution in [1.29, 1.82) is 0 Å². The van der Waals surface area contributed by atoms with Crippen molar-refractivity contribution in [1.82, 2.24) is 47.9 Å². The molecule has 0 aromatic heterocycles. The fourth-order valence-electron chi connectivity index (χ4n) is 14.7. The molecule has 634 valence electrons. The molecule has 37 heteroatoms. The second-order valence-electron chi connectivity index (χ2n) is 30.0. The Balaban J connectivity index is 1.03. The molecule has 7 aromatic rings. The number of phenols is 3. The summed E-state index contributed by atoms with van der Waals surface area (Å²) >= 11 is 20.6. The highest BCUT2D eigenvalue weighted by Crippen LogP contribution is 2.50. The molecule has 2 fully saturated rings. The van der Waals surface area contributed by atoms with Crippen molar-refractivity contribution in [2.75, 3.05) is 26.7 Å². The van der Waals surface area contributed by atoms with Crippen molar-refractivity contribution < 1.29 is 108 Å².